The largest absolute Gasteiger partial charge is 0.478 e. The molecule has 0 aliphatic heterocycles. The lowest BCUT2D eigenvalue weighted by Crippen LogP contribution is -2.25. The molecule has 0 saturated heterocycles. The van der Waals surface area contributed by atoms with Crippen LogP contribution in [0.3, 0.4) is 0 Å². The molecule has 4 N–H and O–H groups in total. The SMILES string of the molecule is CCOC(=O)CS(=O)(=O)Nc1cc(N)ccc1C(=O)O. The Hall–Kier alpha value is -2.29. The number of aromatic carboxylic acids is 1. The zero-order valence-corrected chi connectivity index (χ0v) is 11.4. The summed E-state index contributed by atoms with van der Waals surface area (Å²) in [4.78, 5) is 22.1. The Morgan fingerprint density at radius 1 is 1.40 bits per heavy atom. The van der Waals surface area contributed by atoms with Gasteiger partial charge in [-0.15, -0.1) is 0 Å². The fraction of sp³-hybridized carbons (Fsp3) is 0.273. The van der Waals surface area contributed by atoms with Crippen LogP contribution in [0.1, 0.15) is 17.3 Å². The fourth-order valence-electron chi connectivity index (χ4n) is 1.39. The van der Waals surface area contributed by atoms with Crippen LogP contribution < -0.4 is 10.5 Å². The van der Waals surface area contributed by atoms with Gasteiger partial charge in [0.25, 0.3) is 0 Å². The fourth-order valence-corrected chi connectivity index (χ4v) is 2.36. The molecule has 0 amide bonds. The van der Waals surface area contributed by atoms with Crippen molar-refractivity contribution < 1.29 is 27.9 Å². The minimum absolute atomic E-state index is 0.0486. The molecule has 0 atom stereocenters. The van der Waals surface area contributed by atoms with E-state index < -0.39 is 27.7 Å². The summed E-state index contributed by atoms with van der Waals surface area (Å²) >= 11 is 0. The molecule has 110 valence electrons. The zero-order valence-electron chi connectivity index (χ0n) is 10.6. The van der Waals surface area contributed by atoms with Crippen molar-refractivity contribution in [3.63, 3.8) is 0 Å². The van der Waals surface area contributed by atoms with E-state index in [4.69, 9.17) is 10.8 Å². The van der Waals surface area contributed by atoms with E-state index >= 15 is 0 Å². The van der Waals surface area contributed by atoms with E-state index in [2.05, 4.69) is 4.74 Å². The monoisotopic (exact) mass is 302 g/mol. The molecule has 0 aliphatic rings. The molecule has 0 bridgehead atoms. The van der Waals surface area contributed by atoms with Crippen LogP contribution in [0.2, 0.25) is 0 Å². The number of nitrogens with two attached hydrogens (primary N) is 1. The second-order valence-corrected chi connectivity index (χ2v) is 5.50. The summed E-state index contributed by atoms with van der Waals surface area (Å²) in [6.45, 7) is 1.59. The third-order valence-electron chi connectivity index (χ3n) is 2.15. The third kappa shape index (κ3) is 4.43. The van der Waals surface area contributed by atoms with Crippen LogP contribution in [0.15, 0.2) is 18.2 Å². The van der Waals surface area contributed by atoms with Crippen molar-refractivity contribution >= 4 is 33.3 Å². The maximum atomic E-state index is 11.7. The van der Waals surface area contributed by atoms with Crippen molar-refractivity contribution in [2.45, 2.75) is 6.92 Å². The topological polar surface area (TPSA) is 136 Å². The van der Waals surface area contributed by atoms with Gasteiger partial charge < -0.3 is 15.6 Å². The van der Waals surface area contributed by atoms with Gasteiger partial charge in [0.05, 0.1) is 17.9 Å². The molecule has 20 heavy (non-hydrogen) atoms. The Morgan fingerprint density at radius 2 is 2.05 bits per heavy atom. The summed E-state index contributed by atoms with van der Waals surface area (Å²) in [5, 5.41) is 8.95. The number of carboxylic acids is 1. The molecule has 1 rings (SSSR count). The number of carbonyl (C=O) groups is 2. The summed E-state index contributed by atoms with van der Waals surface area (Å²) in [6.07, 6.45) is 0. The Balaban J connectivity index is 3.00. The van der Waals surface area contributed by atoms with Crippen LogP contribution in [-0.2, 0) is 19.6 Å². The lowest BCUT2D eigenvalue weighted by atomic mass is 10.1. The first-order valence-corrected chi connectivity index (χ1v) is 7.19. The average molecular weight is 302 g/mol. The second-order valence-electron chi connectivity index (χ2n) is 3.78. The Labute approximate surface area is 115 Å². The van der Waals surface area contributed by atoms with Crippen LogP contribution in [0.4, 0.5) is 11.4 Å². The number of sulfonamides is 1. The number of hydrogen-bond donors (Lipinski definition) is 3. The number of nitrogens with one attached hydrogen (secondary N) is 1. The predicted octanol–water partition coefficient (Wildman–Crippen LogP) is 0.272. The van der Waals surface area contributed by atoms with Gasteiger partial charge in [0.2, 0.25) is 10.0 Å². The number of nitrogen functional groups attached to an aromatic ring is 1. The molecule has 0 saturated carbocycles. The number of ether oxygens (including phenoxy) is 1. The number of carbonyl (C=O) groups excluding carboxylic acids is 1. The van der Waals surface area contributed by atoms with Crippen molar-refractivity contribution in [1.29, 1.82) is 0 Å². The van der Waals surface area contributed by atoms with E-state index in [1.54, 1.807) is 6.92 Å². The highest BCUT2D eigenvalue weighted by Crippen LogP contribution is 2.20. The lowest BCUT2D eigenvalue weighted by Gasteiger charge is -2.10. The van der Waals surface area contributed by atoms with Crippen molar-refractivity contribution in [1.82, 2.24) is 0 Å². The summed E-state index contributed by atoms with van der Waals surface area (Å²) in [5.41, 5.74) is 5.18. The van der Waals surface area contributed by atoms with Crippen LogP contribution in [0.25, 0.3) is 0 Å². The first-order valence-electron chi connectivity index (χ1n) is 5.54. The molecule has 0 radical (unpaired) electrons. The molecule has 9 heteroatoms. The molecule has 8 nitrogen and oxygen atoms in total. The number of rotatable bonds is 6. The number of anilines is 2. The Kier molecular flexibility index (Phi) is 4.92. The van der Waals surface area contributed by atoms with Crippen LogP contribution in [-0.4, -0.2) is 37.8 Å². The maximum Gasteiger partial charge on any atom is 0.337 e. The quantitative estimate of drug-likeness (QED) is 0.507. The number of esters is 1. The zero-order chi connectivity index (χ0) is 15.3. The van der Waals surface area contributed by atoms with Gasteiger partial charge in [0.1, 0.15) is 0 Å². The highest BCUT2D eigenvalue weighted by atomic mass is 32.2. The molecule has 0 unspecified atom stereocenters. The highest BCUT2D eigenvalue weighted by Gasteiger charge is 2.20. The van der Waals surface area contributed by atoms with Gasteiger partial charge in [-0.25, -0.2) is 13.2 Å². The van der Waals surface area contributed by atoms with Crippen molar-refractivity contribution in [3.05, 3.63) is 23.8 Å². The smallest absolute Gasteiger partial charge is 0.337 e. The van der Waals surface area contributed by atoms with Gasteiger partial charge in [-0.3, -0.25) is 9.52 Å². The van der Waals surface area contributed by atoms with E-state index in [-0.39, 0.29) is 23.5 Å². The molecule has 0 fully saturated rings. The third-order valence-corrected chi connectivity index (χ3v) is 3.30. The summed E-state index contributed by atoms with van der Waals surface area (Å²) in [5.74, 6) is -3.16. The molecule has 0 heterocycles. The minimum atomic E-state index is -4.07. The summed E-state index contributed by atoms with van der Waals surface area (Å²) in [6, 6.07) is 3.65. The number of benzene rings is 1. The van der Waals surface area contributed by atoms with E-state index in [1.807, 2.05) is 4.72 Å². The van der Waals surface area contributed by atoms with E-state index in [0.29, 0.717) is 0 Å². The number of carboxylic acid groups (broad SMARTS) is 1. The summed E-state index contributed by atoms with van der Waals surface area (Å²) < 4.78 is 30.0. The molecule has 0 aromatic heterocycles. The van der Waals surface area contributed by atoms with Crippen LogP contribution >= 0.6 is 0 Å². The van der Waals surface area contributed by atoms with Crippen molar-refractivity contribution in [3.8, 4) is 0 Å². The number of hydrogen-bond acceptors (Lipinski definition) is 6. The first-order chi connectivity index (χ1) is 9.25. The Morgan fingerprint density at radius 3 is 2.60 bits per heavy atom. The van der Waals surface area contributed by atoms with Crippen molar-refractivity contribution in [2.75, 3.05) is 22.8 Å². The Bertz CT molecular complexity index is 626. The van der Waals surface area contributed by atoms with Gasteiger partial charge in [0.15, 0.2) is 5.75 Å². The molecule has 1 aromatic carbocycles. The van der Waals surface area contributed by atoms with Crippen LogP contribution in [0, 0.1) is 0 Å². The highest BCUT2D eigenvalue weighted by molar-refractivity contribution is 7.93. The van der Waals surface area contributed by atoms with Gasteiger partial charge >= 0.3 is 11.9 Å². The second kappa shape index (κ2) is 6.24. The molecular weight excluding hydrogens is 288 g/mol. The normalized spacial score (nSPS) is 10.8. The summed E-state index contributed by atoms with van der Waals surface area (Å²) in [7, 11) is -4.07. The average Bonchev–Trinajstić information content (AvgIpc) is 2.26. The van der Waals surface area contributed by atoms with E-state index in [1.165, 1.54) is 12.1 Å². The van der Waals surface area contributed by atoms with Crippen molar-refractivity contribution in [2.24, 2.45) is 0 Å². The molecule has 0 spiro atoms. The predicted molar refractivity (Wildman–Crippen MR) is 71.9 cm³/mol. The lowest BCUT2D eigenvalue weighted by molar-refractivity contribution is -0.139. The van der Waals surface area contributed by atoms with Gasteiger partial charge in [-0.2, -0.15) is 0 Å². The van der Waals surface area contributed by atoms with Crippen LogP contribution in [0.5, 0.6) is 0 Å². The van der Waals surface area contributed by atoms with E-state index in [9.17, 15) is 18.0 Å². The molecule has 0 aliphatic carbocycles. The van der Waals surface area contributed by atoms with Gasteiger partial charge in [0, 0.05) is 5.69 Å². The first kappa shape index (κ1) is 15.8. The standard InChI is InChI=1S/C11H14N2O6S/c1-2-19-10(14)6-20(17,18)13-9-5-7(12)3-4-8(9)11(15)16/h3-5,13H,2,6,12H2,1H3,(H,15,16). The molecular formula is C11H14N2O6S. The molecule has 1 aromatic rings. The van der Waals surface area contributed by atoms with Gasteiger partial charge in [-0.1, -0.05) is 0 Å². The van der Waals surface area contributed by atoms with Gasteiger partial charge in [-0.05, 0) is 25.1 Å². The van der Waals surface area contributed by atoms with E-state index in [0.717, 1.165) is 6.07 Å². The maximum absolute atomic E-state index is 11.7. The minimum Gasteiger partial charge on any atom is -0.478 e.